The number of nitrogens with zero attached hydrogens (tertiary/aromatic N) is 3. The van der Waals surface area contributed by atoms with Crippen LogP contribution in [-0.2, 0) is 27.2 Å². The molecule has 1 unspecified atom stereocenters. The number of carbonyl (C=O) groups is 3. The van der Waals surface area contributed by atoms with Gasteiger partial charge in [0.2, 0.25) is 5.91 Å². The van der Waals surface area contributed by atoms with Crippen molar-refractivity contribution in [2.24, 2.45) is 5.92 Å². The molecule has 3 aliphatic rings. The van der Waals surface area contributed by atoms with E-state index in [1.165, 1.54) is 30.4 Å². The standard InChI is InChI=1S/C31H40N4O5/c1-40-28(36)19-27(24-7-2-6-23(18-24)21-11-12-21)33-30(37)25-9-3-15-34(20-25)16-5-10-26-14-13-22-8-4-17-35(31(38)39)29(22)32-26/h2,6-7,13-14,18,21,25,27H,3-5,8-12,15-17,19-20H2,1H3,(H,33,37)(H,38,39)/t25-,27?/m1/s1. The number of hydrogen-bond acceptors (Lipinski definition) is 6. The van der Waals surface area contributed by atoms with E-state index in [0.29, 0.717) is 24.8 Å². The topological polar surface area (TPSA) is 112 Å². The third kappa shape index (κ3) is 6.99. The van der Waals surface area contributed by atoms with Crippen molar-refractivity contribution in [3.63, 3.8) is 0 Å². The molecule has 2 aliphatic heterocycles. The maximum absolute atomic E-state index is 13.4. The highest BCUT2D eigenvalue weighted by Gasteiger charge is 2.30. The predicted octanol–water partition coefficient (Wildman–Crippen LogP) is 4.45. The highest BCUT2D eigenvalue weighted by molar-refractivity contribution is 5.86. The Kier molecular flexibility index (Phi) is 8.99. The van der Waals surface area contributed by atoms with Crippen molar-refractivity contribution in [1.29, 1.82) is 0 Å². The molecule has 2 fully saturated rings. The second-order valence-corrected chi connectivity index (χ2v) is 11.4. The van der Waals surface area contributed by atoms with Crippen molar-refractivity contribution < 1.29 is 24.2 Å². The predicted molar refractivity (Wildman–Crippen MR) is 151 cm³/mol. The first-order chi connectivity index (χ1) is 19.4. The normalized spacial score (nSPS) is 19.9. The maximum atomic E-state index is 13.4. The number of likely N-dealkylation sites (tertiary alicyclic amines) is 1. The summed E-state index contributed by atoms with van der Waals surface area (Å²) in [5.41, 5.74) is 4.12. The van der Waals surface area contributed by atoms with Crippen LogP contribution in [0.5, 0.6) is 0 Å². The molecule has 2 amide bonds. The van der Waals surface area contributed by atoms with E-state index in [-0.39, 0.29) is 24.2 Å². The van der Waals surface area contributed by atoms with Gasteiger partial charge in [0, 0.05) is 18.8 Å². The first-order valence-electron chi connectivity index (χ1n) is 14.6. The van der Waals surface area contributed by atoms with E-state index < -0.39 is 12.1 Å². The van der Waals surface area contributed by atoms with Gasteiger partial charge in [-0.2, -0.15) is 0 Å². The van der Waals surface area contributed by atoms with Crippen LogP contribution in [0.25, 0.3) is 0 Å². The number of carboxylic acid groups (broad SMARTS) is 1. The lowest BCUT2D eigenvalue weighted by atomic mass is 9.94. The zero-order valence-electron chi connectivity index (χ0n) is 23.3. The number of esters is 1. The fraction of sp³-hybridized carbons (Fsp3) is 0.548. The zero-order valence-corrected chi connectivity index (χ0v) is 23.3. The van der Waals surface area contributed by atoms with Crippen molar-refractivity contribution in [1.82, 2.24) is 15.2 Å². The average Bonchev–Trinajstić information content (AvgIpc) is 3.82. The Labute approximate surface area is 235 Å². The molecule has 1 aromatic carbocycles. The molecule has 40 heavy (non-hydrogen) atoms. The van der Waals surface area contributed by atoms with E-state index >= 15 is 0 Å². The molecular weight excluding hydrogens is 508 g/mol. The number of aryl methyl sites for hydroxylation is 2. The molecule has 0 bridgehead atoms. The number of fused-ring (bicyclic) bond motifs is 1. The molecule has 0 spiro atoms. The summed E-state index contributed by atoms with van der Waals surface area (Å²) < 4.78 is 4.93. The summed E-state index contributed by atoms with van der Waals surface area (Å²) in [4.78, 5) is 45.6. The van der Waals surface area contributed by atoms with Gasteiger partial charge in [-0.25, -0.2) is 9.78 Å². The van der Waals surface area contributed by atoms with Gasteiger partial charge < -0.3 is 20.1 Å². The molecular formula is C31H40N4O5. The lowest BCUT2D eigenvalue weighted by Gasteiger charge is -2.33. The first kappa shape index (κ1) is 28.1. The summed E-state index contributed by atoms with van der Waals surface area (Å²) >= 11 is 0. The summed E-state index contributed by atoms with van der Waals surface area (Å²) in [6.07, 6.45) is 6.63. The molecule has 9 nitrogen and oxygen atoms in total. The molecule has 2 N–H and O–H groups in total. The Morgan fingerprint density at radius 2 is 1.98 bits per heavy atom. The Hall–Kier alpha value is -3.46. The molecule has 1 saturated heterocycles. The van der Waals surface area contributed by atoms with Gasteiger partial charge in [0.05, 0.1) is 25.5 Å². The van der Waals surface area contributed by atoms with Crippen LogP contribution in [0.3, 0.4) is 0 Å². The highest BCUT2D eigenvalue weighted by Crippen LogP contribution is 2.40. The number of rotatable bonds is 10. The summed E-state index contributed by atoms with van der Waals surface area (Å²) in [5, 5.41) is 12.7. The van der Waals surface area contributed by atoms with Crippen molar-refractivity contribution in [2.45, 2.75) is 69.7 Å². The third-order valence-electron chi connectivity index (χ3n) is 8.39. The third-order valence-corrected chi connectivity index (χ3v) is 8.39. The monoisotopic (exact) mass is 548 g/mol. The zero-order chi connectivity index (χ0) is 28.1. The van der Waals surface area contributed by atoms with Crippen LogP contribution in [0.15, 0.2) is 36.4 Å². The van der Waals surface area contributed by atoms with Crippen LogP contribution in [0, 0.1) is 5.92 Å². The van der Waals surface area contributed by atoms with Gasteiger partial charge in [-0.3, -0.25) is 14.5 Å². The van der Waals surface area contributed by atoms with Crippen molar-refractivity contribution in [3.05, 3.63) is 58.8 Å². The average molecular weight is 549 g/mol. The number of aromatic nitrogens is 1. The number of pyridine rings is 1. The quantitative estimate of drug-likeness (QED) is 0.422. The Balaban J connectivity index is 1.16. The van der Waals surface area contributed by atoms with Gasteiger partial charge in [0.15, 0.2) is 0 Å². The molecule has 1 aromatic heterocycles. The molecule has 2 atom stereocenters. The van der Waals surface area contributed by atoms with Crippen molar-refractivity contribution in [2.75, 3.05) is 38.2 Å². The van der Waals surface area contributed by atoms with E-state index in [0.717, 1.165) is 68.4 Å². The van der Waals surface area contributed by atoms with Gasteiger partial charge in [0.25, 0.3) is 0 Å². The molecule has 1 aliphatic carbocycles. The minimum atomic E-state index is -0.951. The molecule has 1 saturated carbocycles. The molecule has 5 rings (SSSR count). The Bertz CT molecular complexity index is 1230. The minimum Gasteiger partial charge on any atom is -0.469 e. The van der Waals surface area contributed by atoms with Gasteiger partial charge in [-0.1, -0.05) is 30.3 Å². The van der Waals surface area contributed by atoms with Gasteiger partial charge >= 0.3 is 12.1 Å². The van der Waals surface area contributed by atoms with E-state index in [1.54, 1.807) is 0 Å². The largest absolute Gasteiger partial charge is 0.469 e. The van der Waals surface area contributed by atoms with Crippen LogP contribution in [0.1, 0.15) is 79.3 Å². The number of amides is 2. The number of benzene rings is 1. The van der Waals surface area contributed by atoms with Gasteiger partial charge in [-0.15, -0.1) is 0 Å². The molecule has 214 valence electrons. The molecule has 2 aromatic rings. The lowest BCUT2D eigenvalue weighted by molar-refractivity contribution is -0.141. The van der Waals surface area contributed by atoms with E-state index in [1.807, 2.05) is 24.3 Å². The lowest BCUT2D eigenvalue weighted by Crippen LogP contribution is -2.44. The smallest absolute Gasteiger partial charge is 0.413 e. The number of hydrogen-bond donors (Lipinski definition) is 2. The van der Waals surface area contributed by atoms with Crippen LogP contribution in [0.2, 0.25) is 0 Å². The van der Waals surface area contributed by atoms with Gasteiger partial charge in [-0.05, 0) is 93.1 Å². The number of ether oxygens (including phenoxy) is 1. The second-order valence-electron chi connectivity index (χ2n) is 11.4. The minimum absolute atomic E-state index is 0.0134. The molecule has 9 heteroatoms. The highest BCUT2D eigenvalue weighted by atomic mass is 16.5. The van der Waals surface area contributed by atoms with Crippen molar-refractivity contribution >= 4 is 23.8 Å². The summed E-state index contributed by atoms with van der Waals surface area (Å²) in [6, 6.07) is 11.9. The van der Waals surface area contributed by atoms with Crippen LogP contribution in [-0.4, -0.2) is 66.2 Å². The fourth-order valence-corrected chi connectivity index (χ4v) is 6.00. The number of nitrogens with one attached hydrogen (secondary N) is 1. The summed E-state index contributed by atoms with van der Waals surface area (Å²) in [7, 11) is 1.38. The van der Waals surface area contributed by atoms with Gasteiger partial charge in [0.1, 0.15) is 5.82 Å². The number of anilines is 1. The van der Waals surface area contributed by atoms with E-state index in [2.05, 4.69) is 27.3 Å². The fourth-order valence-electron chi connectivity index (χ4n) is 6.00. The van der Waals surface area contributed by atoms with E-state index in [4.69, 9.17) is 4.74 Å². The first-order valence-corrected chi connectivity index (χ1v) is 14.6. The van der Waals surface area contributed by atoms with Crippen LogP contribution >= 0.6 is 0 Å². The molecule has 0 radical (unpaired) electrons. The SMILES string of the molecule is COC(=O)CC(NC(=O)[C@@H]1CCCN(CCCc2ccc3c(n2)N(C(=O)O)CCC3)C1)c1cccc(C2CC2)c1. The Morgan fingerprint density at radius 3 is 2.75 bits per heavy atom. The van der Waals surface area contributed by atoms with Crippen LogP contribution in [0.4, 0.5) is 10.6 Å². The van der Waals surface area contributed by atoms with Crippen LogP contribution < -0.4 is 10.2 Å². The van der Waals surface area contributed by atoms with Crippen molar-refractivity contribution in [3.8, 4) is 0 Å². The van der Waals surface area contributed by atoms with E-state index in [9.17, 15) is 19.5 Å². The number of methoxy groups -OCH3 is 1. The summed E-state index contributed by atoms with van der Waals surface area (Å²) in [5.74, 6) is 0.686. The molecule has 3 heterocycles. The maximum Gasteiger partial charge on any atom is 0.413 e. The number of piperidine rings is 1. The Morgan fingerprint density at radius 1 is 1.12 bits per heavy atom. The summed E-state index contributed by atoms with van der Waals surface area (Å²) in [6.45, 7) is 2.97. The second kappa shape index (κ2) is 12.8. The number of carbonyl (C=O) groups excluding carboxylic acids is 2.